The molecule has 5 nitrogen and oxygen atoms in total. The first-order chi connectivity index (χ1) is 12.3. The van der Waals surface area contributed by atoms with Crippen molar-refractivity contribution >= 4 is 11.7 Å². The van der Waals surface area contributed by atoms with Crippen LogP contribution in [-0.4, -0.2) is 43.2 Å². The average molecular weight is 345 g/mol. The molecule has 1 heterocycles. The zero-order valence-electron chi connectivity index (χ0n) is 15.3. The molecule has 0 unspecified atom stereocenters. The summed E-state index contributed by atoms with van der Waals surface area (Å²) in [5.74, 6) is 1.30. The molecule has 3 rings (SSSR count). The Bertz CT molecular complexity index is 550. The predicted octanol–water partition coefficient (Wildman–Crippen LogP) is 3.86. The second kappa shape index (κ2) is 9.09. The van der Waals surface area contributed by atoms with E-state index in [9.17, 15) is 4.79 Å². The summed E-state index contributed by atoms with van der Waals surface area (Å²) in [6.07, 6.45) is 7.93. The first-order valence-electron chi connectivity index (χ1n) is 9.77. The van der Waals surface area contributed by atoms with E-state index in [2.05, 4.69) is 15.5 Å². The number of hydrogen-bond acceptors (Lipinski definition) is 3. The molecule has 1 aromatic carbocycles. The summed E-state index contributed by atoms with van der Waals surface area (Å²) in [5, 5.41) is 5.93. The lowest BCUT2D eigenvalue weighted by Gasteiger charge is -2.36. The summed E-state index contributed by atoms with van der Waals surface area (Å²) < 4.78 is 5.54. The highest BCUT2D eigenvalue weighted by Gasteiger charge is 2.27. The van der Waals surface area contributed by atoms with Crippen LogP contribution in [0.15, 0.2) is 24.3 Å². The largest absolute Gasteiger partial charge is 0.492 e. The van der Waals surface area contributed by atoms with Crippen LogP contribution in [0.3, 0.4) is 0 Å². The first-order valence-corrected chi connectivity index (χ1v) is 9.77. The second-order valence-electron chi connectivity index (χ2n) is 7.18. The minimum absolute atomic E-state index is 0.148. The van der Waals surface area contributed by atoms with Crippen molar-refractivity contribution in [1.82, 2.24) is 10.2 Å². The van der Waals surface area contributed by atoms with Gasteiger partial charge in [0.1, 0.15) is 5.75 Å². The third kappa shape index (κ3) is 5.11. The lowest BCUT2D eigenvalue weighted by molar-refractivity contribution is 0.134. The number of piperidine rings is 1. The van der Waals surface area contributed by atoms with Crippen molar-refractivity contribution in [2.45, 2.75) is 51.5 Å². The summed E-state index contributed by atoms with van der Waals surface area (Å²) in [5.41, 5.74) is 0.720. The van der Waals surface area contributed by atoms with Crippen LogP contribution in [0, 0.1) is 5.92 Å². The van der Waals surface area contributed by atoms with Gasteiger partial charge in [-0.1, -0.05) is 25.0 Å². The molecular weight excluding hydrogens is 314 g/mol. The van der Waals surface area contributed by atoms with E-state index in [1.54, 1.807) is 0 Å². The van der Waals surface area contributed by atoms with E-state index in [4.69, 9.17) is 4.74 Å². The molecule has 2 aliphatic rings. The molecule has 0 bridgehead atoms. The van der Waals surface area contributed by atoms with E-state index in [1.807, 2.05) is 31.2 Å². The van der Waals surface area contributed by atoms with E-state index in [-0.39, 0.29) is 6.03 Å². The number of hydrogen-bond donors (Lipinski definition) is 2. The van der Waals surface area contributed by atoms with Gasteiger partial charge >= 0.3 is 6.03 Å². The Morgan fingerprint density at radius 1 is 1.16 bits per heavy atom. The Balaban J connectivity index is 1.39. The van der Waals surface area contributed by atoms with Crippen molar-refractivity contribution in [1.29, 1.82) is 0 Å². The van der Waals surface area contributed by atoms with Crippen molar-refractivity contribution in [3.05, 3.63) is 24.3 Å². The van der Waals surface area contributed by atoms with Gasteiger partial charge in [-0.2, -0.15) is 0 Å². The normalized spacial score (nSPS) is 19.7. The topological polar surface area (TPSA) is 53.6 Å². The number of benzene rings is 1. The number of nitrogens with zero attached hydrogens (tertiary/aromatic N) is 1. The highest BCUT2D eigenvalue weighted by atomic mass is 16.5. The van der Waals surface area contributed by atoms with Gasteiger partial charge in [0.05, 0.1) is 12.3 Å². The molecule has 138 valence electrons. The van der Waals surface area contributed by atoms with Crippen molar-refractivity contribution in [2.24, 2.45) is 5.92 Å². The highest BCUT2D eigenvalue weighted by Crippen LogP contribution is 2.28. The molecule has 2 fully saturated rings. The SMILES string of the molecule is CCOc1ccccc1NC(=O)NCC1CCN(C2CCCC2)CC1. The number of amides is 2. The number of likely N-dealkylation sites (tertiary alicyclic amines) is 1. The first kappa shape index (κ1) is 18.1. The molecule has 1 aliphatic carbocycles. The summed E-state index contributed by atoms with van der Waals surface area (Å²) >= 11 is 0. The van der Waals surface area contributed by atoms with Gasteiger partial charge in [0, 0.05) is 12.6 Å². The number of ether oxygens (including phenoxy) is 1. The van der Waals surface area contributed by atoms with Crippen LogP contribution in [0.1, 0.15) is 45.4 Å². The molecular formula is C20H31N3O2. The molecule has 0 spiro atoms. The van der Waals surface area contributed by atoms with E-state index in [1.165, 1.54) is 51.6 Å². The maximum absolute atomic E-state index is 12.2. The smallest absolute Gasteiger partial charge is 0.319 e. The Hall–Kier alpha value is -1.75. The van der Waals surface area contributed by atoms with Gasteiger partial charge in [-0.3, -0.25) is 0 Å². The monoisotopic (exact) mass is 345 g/mol. The summed E-state index contributed by atoms with van der Waals surface area (Å²) in [6.45, 7) is 5.65. The minimum Gasteiger partial charge on any atom is -0.492 e. The number of para-hydroxylation sites is 2. The van der Waals surface area contributed by atoms with Crippen molar-refractivity contribution in [3.63, 3.8) is 0 Å². The van der Waals surface area contributed by atoms with Crippen molar-refractivity contribution < 1.29 is 9.53 Å². The van der Waals surface area contributed by atoms with Crippen LogP contribution in [-0.2, 0) is 0 Å². The van der Waals surface area contributed by atoms with Crippen molar-refractivity contribution in [2.75, 3.05) is 31.6 Å². The third-order valence-corrected chi connectivity index (χ3v) is 5.48. The minimum atomic E-state index is -0.148. The standard InChI is InChI=1S/C20H31N3O2/c1-2-25-19-10-6-5-9-18(19)22-20(24)21-15-16-11-13-23(14-12-16)17-7-3-4-8-17/h5-6,9-10,16-17H,2-4,7-8,11-15H2,1H3,(H2,21,22,24). The van der Waals surface area contributed by atoms with E-state index in [0.29, 0.717) is 18.3 Å². The summed E-state index contributed by atoms with van der Waals surface area (Å²) in [6, 6.07) is 8.23. The number of carbonyl (C=O) groups excluding carboxylic acids is 1. The molecule has 2 N–H and O–H groups in total. The molecule has 0 atom stereocenters. The molecule has 1 aromatic rings. The number of carbonyl (C=O) groups is 1. The maximum Gasteiger partial charge on any atom is 0.319 e. The molecule has 1 saturated heterocycles. The van der Waals surface area contributed by atoms with Gasteiger partial charge in [-0.15, -0.1) is 0 Å². The quantitative estimate of drug-likeness (QED) is 0.823. The van der Waals surface area contributed by atoms with Gasteiger partial charge in [-0.25, -0.2) is 4.79 Å². The molecule has 2 amide bonds. The lowest BCUT2D eigenvalue weighted by atomic mass is 9.95. The van der Waals surface area contributed by atoms with E-state index in [0.717, 1.165) is 18.3 Å². The summed E-state index contributed by atoms with van der Waals surface area (Å²) in [4.78, 5) is 14.9. The fourth-order valence-electron chi connectivity index (χ4n) is 4.05. The Morgan fingerprint density at radius 2 is 1.88 bits per heavy atom. The van der Waals surface area contributed by atoms with Crippen molar-refractivity contribution in [3.8, 4) is 5.75 Å². The van der Waals surface area contributed by atoms with Crippen LogP contribution in [0.5, 0.6) is 5.75 Å². The molecule has 25 heavy (non-hydrogen) atoms. The molecule has 0 aromatic heterocycles. The number of anilines is 1. The third-order valence-electron chi connectivity index (χ3n) is 5.48. The zero-order valence-corrected chi connectivity index (χ0v) is 15.3. The van der Waals surface area contributed by atoms with E-state index >= 15 is 0 Å². The van der Waals surface area contributed by atoms with Gasteiger partial charge in [0.25, 0.3) is 0 Å². The zero-order chi connectivity index (χ0) is 17.5. The number of nitrogens with one attached hydrogen (secondary N) is 2. The highest BCUT2D eigenvalue weighted by molar-refractivity contribution is 5.90. The van der Waals surface area contributed by atoms with E-state index < -0.39 is 0 Å². The predicted molar refractivity (Wildman–Crippen MR) is 101 cm³/mol. The van der Waals surface area contributed by atoms with Crippen LogP contribution >= 0.6 is 0 Å². The number of urea groups is 1. The van der Waals surface area contributed by atoms with Crippen LogP contribution in [0.4, 0.5) is 10.5 Å². The molecule has 5 heteroatoms. The van der Waals surface area contributed by atoms with Gasteiger partial charge in [-0.05, 0) is 63.7 Å². The Morgan fingerprint density at radius 3 is 2.60 bits per heavy atom. The fraction of sp³-hybridized carbons (Fsp3) is 0.650. The summed E-state index contributed by atoms with van der Waals surface area (Å²) in [7, 11) is 0. The lowest BCUT2D eigenvalue weighted by Crippen LogP contribution is -2.43. The van der Waals surface area contributed by atoms with Crippen LogP contribution in [0.2, 0.25) is 0 Å². The Kier molecular flexibility index (Phi) is 6.56. The van der Waals surface area contributed by atoms with Gasteiger partial charge in [0.2, 0.25) is 0 Å². The molecule has 1 aliphatic heterocycles. The number of rotatable bonds is 6. The van der Waals surface area contributed by atoms with Gasteiger partial charge in [0.15, 0.2) is 0 Å². The molecule has 1 saturated carbocycles. The average Bonchev–Trinajstić information content (AvgIpc) is 3.17. The fourth-order valence-corrected chi connectivity index (χ4v) is 4.05. The maximum atomic E-state index is 12.2. The molecule has 0 radical (unpaired) electrons. The second-order valence-corrected chi connectivity index (χ2v) is 7.18. The Labute approximate surface area is 151 Å². The van der Waals surface area contributed by atoms with Gasteiger partial charge < -0.3 is 20.3 Å². The van der Waals surface area contributed by atoms with Crippen LogP contribution < -0.4 is 15.4 Å². The van der Waals surface area contributed by atoms with Crippen LogP contribution in [0.25, 0.3) is 0 Å².